The molecule has 24 heavy (non-hydrogen) atoms. The second-order valence-corrected chi connectivity index (χ2v) is 7.20. The lowest BCUT2D eigenvalue weighted by Crippen LogP contribution is -2.38. The zero-order valence-corrected chi connectivity index (χ0v) is 14.1. The molecular formula is C16H19N3O4S. The predicted octanol–water partition coefficient (Wildman–Crippen LogP) is 1.85. The number of urea groups is 1. The van der Waals surface area contributed by atoms with Crippen molar-refractivity contribution in [2.24, 2.45) is 0 Å². The first-order chi connectivity index (χ1) is 11.5. The van der Waals surface area contributed by atoms with Gasteiger partial charge in [-0.05, 0) is 49.2 Å². The summed E-state index contributed by atoms with van der Waals surface area (Å²) in [5, 5.41) is 2.76. The second-order valence-electron chi connectivity index (χ2n) is 5.43. The van der Waals surface area contributed by atoms with Crippen molar-refractivity contribution in [2.45, 2.75) is 24.8 Å². The summed E-state index contributed by atoms with van der Waals surface area (Å²) in [6.07, 6.45) is 2.13. The third-order valence-electron chi connectivity index (χ3n) is 3.85. The van der Waals surface area contributed by atoms with Crippen molar-refractivity contribution in [3.8, 4) is 0 Å². The van der Waals surface area contributed by atoms with Crippen LogP contribution in [0.1, 0.15) is 18.2 Å². The zero-order valence-electron chi connectivity index (χ0n) is 13.3. The average molecular weight is 349 g/mol. The van der Waals surface area contributed by atoms with E-state index in [1.165, 1.54) is 12.3 Å². The number of benzene rings is 1. The molecule has 3 rings (SSSR count). The topological polar surface area (TPSA) is 91.7 Å². The molecule has 0 spiro atoms. The van der Waals surface area contributed by atoms with Crippen LogP contribution < -0.4 is 14.9 Å². The molecule has 0 unspecified atom stereocenters. The van der Waals surface area contributed by atoms with Gasteiger partial charge in [0.15, 0.2) is 0 Å². The lowest BCUT2D eigenvalue weighted by atomic mass is 10.2. The molecule has 1 aromatic heterocycles. The van der Waals surface area contributed by atoms with E-state index in [0.29, 0.717) is 25.3 Å². The first-order valence-electron chi connectivity index (χ1n) is 7.71. The highest BCUT2D eigenvalue weighted by atomic mass is 32.2. The molecule has 1 aromatic carbocycles. The minimum atomic E-state index is -3.63. The molecule has 8 heteroatoms. The molecule has 0 fully saturated rings. The van der Waals surface area contributed by atoms with E-state index in [4.69, 9.17) is 4.42 Å². The van der Waals surface area contributed by atoms with Gasteiger partial charge in [0.25, 0.3) is 0 Å². The Labute approximate surface area is 140 Å². The number of nitrogens with one attached hydrogen (secondary N) is 2. The van der Waals surface area contributed by atoms with Crippen molar-refractivity contribution in [2.75, 3.05) is 18.0 Å². The maximum atomic E-state index is 12.4. The van der Waals surface area contributed by atoms with E-state index in [1.54, 1.807) is 29.2 Å². The van der Waals surface area contributed by atoms with Gasteiger partial charge in [0, 0.05) is 18.8 Å². The Kier molecular flexibility index (Phi) is 4.59. The van der Waals surface area contributed by atoms with Gasteiger partial charge >= 0.3 is 6.03 Å². The van der Waals surface area contributed by atoms with Gasteiger partial charge < -0.3 is 9.73 Å². The summed E-state index contributed by atoms with van der Waals surface area (Å²) in [5.74, 6) is 0.544. The van der Waals surface area contributed by atoms with Crippen molar-refractivity contribution in [3.05, 3.63) is 47.9 Å². The summed E-state index contributed by atoms with van der Waals surface area (Å²) in [5.41, 5.74) is 1.60. The highest BCUT2D eigenvalue weighted by Gasteiger charge is 2.26. The normalized spacial score (nSPS) is 13.8. The molecule has 2 heterocycles. The van der Waals surface area contributed by atoms with E-state index in [9.17, 15) is 13.2 Å². The Bertz CT molecular complexity index is 831. The number of nitrogens with zero attached hydrogens (tertiary/aromatic N) is 1. The van der Waals surface area contributed by atoms with Gasteiger partial charge in [-0.3, -0.25) is 4.90 Å². The van der Waals surface area contributed by atoms with Crippen molar-refractivity contribution < 1.29 is 17.6 Å². The SMILES string of the molecule is CCNC(=O)N1CCc2cc(S(=O)(=O)NCc3ccco3)ccc21. The van der Waals surface area contributed by atoms with Crippen molar-refractivity contribution in [1.82, 2.24) is 10.0 Å². The smallest absolute Gasteiger partial charge is 0.321 e. The third kappa shape index (κ3) is 3.29. The number of carbonyl (C=O) groups is 1. The Morgan fingerprint density at radius 2 is 2.17 bits per heavy atom. The maximum Gasteiger partial charge on any atom is 0.321 e. The first kappa shape index (κ1) is 16.5. The summed E-state index contributed by atoms with van der Waals surface area (Å²) in [6.45, 7) is 3.05. The van der Waals surface area contributed by atoms with E-state index in [2.05, 4.69) is 10.0 Å². The van der Waals surface area contributed by atoms with Gasteiger partial charge in [-0.25, -0.2) is 17.9 Å². The molecule has 7 nitrogen and oxygen atoms in total. The molecule has 1 aliphatic rings. The van der Waals surface area contributed by atoms with Gasteiger partial charge in [-0.1, -0.05) is 0 Å². The molecule has 2 amide bonds. The lowest BCUT2D eigenvalue weighted by Gasteiger charge is -2.17. The minimum absolute atomic E-state index is 0.0947. The van der Waals surface area contributed by atoms with Crippen LogP contribution in [0.2, 0.25) is 0 Å². The van der Waals surface area contributed by atoms with Crippen LogP contribution in [0.25, 0.3) is 0 Å². The number of furan rings is 1. The Hall–Kier alpha value is -2.32. The number of amides is 2. The highest BCUT2D eigenvalue weighted by Crippen LogP contribution is 2.30. The number of anilines is 1. The van der Waals surface area contributed by atoms with Crippen LogP contribution in [0.4, 0.5) is 10.5 Å². The Morgan fingerprint density at radius 1 is 1.33 bits per heavy atom. The van der Waals surface area contributed by atoms with Crippen molar-refractivity contribution in [1.29, 1.82) is 0 Å². The van der Waals surface area contributed by atoms with Gasteiger partial charge in [0.1, 0.15) is 5.76 Å². The van der Waals surface area contributed by atoms with E-state index in [1.807, 2.05) is 6.92 Å². The molecule has 0 aliphatic carbocycles. The largest absolute Gasteiger partial charge is 0.468 e. The van der Waals surface area contributed by atoms with Gasteiger partial charge in [0.05, 0.1) is 17.7 Å². The molecule has 1 aliphatic heterocycles. The van der Waals surface area contributed by atoms with E-state index in [-0.39, 0.29) is 17.5 Å². The number of hydrogen-bond donors (Lipinski definition) is 2. The fraction of sp³-hybridized carbons (Fsp3) is 0.312. The molecule has 0 atom stereocenters. The number of fused-ring (bicyclic) bond motifs is 1. The van der Waals surface area contributed by atoms with Crippen molar-refractivity contribution >= 4 is 21.7 Å². The van der Waals surface area contributed by atoms with Crippen LogP contribution >= 0.6 is 0 Å². The van der Waals surface area contributed by atoms with Crippen LogP contribution in [0.15, 0.2) is 45.9 Å². The number of carbonyl (C=O) groups excluding carboxylic acids is 1. The predicted molar refractivity (Wildman–Crippen MR) is 89.3 cm³/mol. The standard InChI is InChI=1S/C16H19N3O4S/c1-2-17-16(20)19-8-7-12-10-14(5-6-15(12)19)24(21,22)18-11-13-4-3-9-23-13/h3-6,9-10,18H,2,7-8,11H2,1H3,(H,17,20). The zero-order chi connectivity index (χ0) is 17.2. The number of rotatable bonds is 5. The number of sulfonamides is 1. The molecule has 0 saturated carbocycles. The molecular weight excluding hydrogens is 330 g/mol. The number of hydrogen-bond acceptors (Lipinski definition) is 4. The average Bonchev–Trinajstić information content (AvgIpc) is 3.22. The highest BCUT2D eigenvalue weighted by molar-refractivity contribution is 7.89. The third-order valence-corrected chi connectivity index (χ3v) is 5.25. The quantitative estimate of drug-likeness (QED) is 0.862. The summed E-state index contributed by atoms with van der Waals surface area (Å²) < 4.78 is 32.4. The Balaban J connectivity index is 1.77. The fourth-order valence-electron chi connectivity index (χ4n) is 2.67. The summed E-state index contributed by atoms with van der Waals surface area (Å²) in [7, 11) is -3.63. The fourth-order valence-corrected chi connectivity index (χ4v) is 3.71. The summed E-state index contributed by atoms with van der Waals surface area (Å²) in [4.78, 5) is 13.8. The monoisotopic (exact) mass is 349 g/mol. The van der Waals surface area contributed by atoms with Gasteiger partial charge in [-0.2, -0.15) is 0 Å². The van der Waals surface area contributed by atoms with Gasteiger partial charge in [0.2, 0.25) is 10.0 Å². The molecule has 0 bridgehead atoms. The lowest BCUT2D eigenvalue weighted by molar-refractivity contribution is 0.247. The van der Waals surface area contributed by atoms with E-state index in [0.717, 1.165) is 11.3 Å². The first-order valence-corrected chi connectivity index (χ1v) is 9.20. The molecule has 2 aromatic rings. The minimum Gasteiger partial charge on any atom is -0.468 e. The Morgan fingerprint density at radius 3 is 2.88 bits per heavy atom. The maximum absolute atomic E-state index is 12.4. The van der Waals surface area contributed by atoms with E-state index < -0.39 is 10.0 Å². The molecule has 0 saturated heterocycles. The van der Waals surface area contributed by atoms with Crippen LogP contribution in [0, 0.1) is 0 Å². The molecule has 2 N–H and O–H groups in total. The van der Waals surface area contributed by atoms with Gasteiger partial charge in [-0.15, -0.1) is 0 Å². The molecule has 0 radical (unpaired) electrons. The van der Waals surface area contributed by atoms with Crippen LogP contribution in [0.5, 0.6) is 0 Å². The van der Waals surface area contributed by atoms with Crippen LogP contribution in [-0.4, -0.2) is 27.5 Å². The molecule has 128 valence electrons. The summed E-state index contributed by atoms with van der Waals surface area (Å²) in [6, 6.07) is 8.06. The van der Waals surface area contributed by atoms with Crippen LogP contribution in [0.3, 0.4) is 0 Å². The van der Waals surface area contributed by atoms with Crippen LogP contribution in [-0.2, 0) is 23.0 Å². The second kappa shape index (κ2) is 6.66. The summed E-state index contributed by atoms with van der Waals surface area (Å²) >= 11 is 0. The van der Waals surface area contributed by atoms with E-state index >= 15 is 0 Å². The van der Waals surface area contributed by atoms with Crippen molar-refractivity contribution in [3.63, 3.8) is 0 Å².